The Morgan fingerprint density at radius 1 is 1.24 bits per heavy atom. The Labute approximate surface area is 126 Å². The number of para-hydroxylation sites is 1. The molecule has 1 heterocycles. The van der Waals surface area contributed by atoms with Crippen molar-refractivity contribution in [2.75, 3.05) is 7.05 Å². The van der Waals surface area contributed by atoms with Crippen molar-refractivity contribution in [3.63, 3.8) is 0 Å². The molecule has 4 heteroatoms. The quantitative estimate of drug-likeness (QED) is 0.864. The molecule has 0 saturated carbocycles. The van der Waals surface area contributed by atoms with Crippen LogP contribution in [0.25, 0.3) is 5.69 Å². The maximum Gasteiger partial charge on any atom is 0.223 e. The van der Waals surface area contributed by atoms with Crippen LogP contribution in [0, 0.1) is 5.41 Å². The Balaban J connectivity index is 2.01. The van der Waals surface area contributed by atoms with Crippen molar-refractivity contribution in [1.29, 1.82) is 0 Å². The van der Waals surface area contributed by atoms with E-state index in [1.807, 2.05) is 54.5 Å². The summed E-state index contributed by atoms with van der Waals surface area (Å²) in [5.41, 5.74) is 2.07. The Morgan fingerprint density at radius 2 is 1.90 bits per heavy atom. The minimum atomic E-state index is 0.0135. The number of hydrogen-bond donors (Lipinski definition) is 0. The van der Waals surface area contributed by atoms with Gasteiger partial charge in [0.25, 0.3) is 0 Å². The predicted molar refractivity (Wildman–Crippen MR) is 84.1 cm³/mol. The summed E-state index contributed by atoms with van der Waals surface area (Å²) >= 11 is 0. The summed E-state index contributed by atoms with van der Waals surface area (Å²) in [6, 6.07) is 9.95. The van der Waals surface area contributed by atoms with Crippen molar-refractivity contribution in [3.8, 4) is 5.69 Å². The molecule has 1 aromatic heterocycles. The molecule has 112 valence electrons. The summed E-state index contributed by atoms with van der Waals surface area (Å²) in [7, 11) is 1.84. The first-order valence-corrected chi connectivity index (χ1v) is 7.18. The summed E-state index contributed by atoms with van der Waals surface area (Å²) in [6.45, 7) is 6.81. The fraction of sp³-hybridized carbons (Fsp3) is 0.412. The zero-order valence-electron chi connectivity index (χ0n) is 13.2. The van der Waals surface area contributed by atoms with E-state index in [1.165, 1.54) is 0 Å². The monoisotopic (exact) mass is 285 g/mol. The van der Waals surface area contributed by atoms with E-state index in [9.17, 15) is 4.79 Å². The molecule has 0 aliphatic heterocycles. The molecular weight excluding hydrogens is 262 g/mol. The van der Waals surface area contributed by atoms with Gasteiger partial charge in [0.2, 0.25) is 5.91 Å². The molecular formula is C17H23N3O. The van der Waals surface area contributed by atoms with Gasteiger partial charge >= 0.3 is 0 Å². The van der Waals surface area contributed by atoms with Gasteiger partial charge in [0, 0.05) is 31.8 Å². The largest absolute Gasteiger partial charge is 0.341 e. The van der Waals surface area contributed by atoms with Crippen molar-refractivity contribution in [2.45, 2.75) is 33.7 Å². The van der Waals surface area contributed by atoms with Crippen LogP contribution in [-0.2, 0) is 11.3 Å². The molecule has 4 nitrogen and oxygen atoms in total. The van der Waals surface area contributed by atoms with Crippen LogP contribution < -0.4 is 0 Å². The number of aromatic nitrogens is 2. The molecule has 0 atom stereocenters. The lowest BCUT2D eigenvalue weighted by atomic mass is 9.91. The number of benzene rings is 1. The standard InChI is InChI=1S/C17H23N3O/c1-17(2,3)10-16(21)19(4)12-14-11-18-20(13-14)15-8-6-5-7-9-15/h5-9,11,13H,10,12H2,1-4H3. The molecule has 0 N–H and O–H groups in total. The first-order chi connectivity index (χ1) is 9.85. The Hall–Kier alpha value is -2.10. The summed E-state index contributed by atoms with van der Waals surface area (Å²) in [6.07, 6.45) is 4.33. The first-order valence-electron chi connectivity index (χ1n) is 7.18. The molecule has 21 heavy (non-hydrogen) atoms. The minimum Gasteiger partial charge on any atom is -0.341 e. The molecule has 2 rings (SSSR count). The summed E-state index contributed by atoms with van der Waals surface area (Å²) in [5.74, 6) is 0.162. The van der Waals surface area contributed by atoms with E-state index in [0.717, 1.165) is 11.3 Å². The Kier molecular flexibility index (Phi) is 4.46. The third-order valence-corrected chi connectivity index (χ3v) is 3.18. The third kappa shape index (κ3) is 4.45. The van der Waals surface area contributed by atoms with Crippen LogP contribution in [0.2, 0.25) is 0 Å². The highest BCUT2D eigenvalue weighted by Crippen LogP contribution is 2.20. The molecule has 0 aliphatic rings. The highest BCUT2D eigenvalue weighted by Gasteiger charge is 2.19. The normalized spacial score (nSPS) is 11.4. The minimum absolute atomic E-state index is 0.0135. The molecule has 1 amide bonds. The van der Waals surface area contributed by atoms with Crippen LogP contribution in [0.4, 0.5) is 0 Å². The van der Waals surface area contributed by atoms with Crippen LogP contribution in [0.5, 0.6) is 0 Å². The lowest BCUT2D eigenvalue weighted by Gasteiger charge is -2.22. The van der Waals surface area contributed by atoms with Gasteiger partial charge in [0.05, 0.1) is 11.9 Å². The van der Waals surface area contributed by atoms with Gasteiger partial charge in [0.1, 0.15) is 0 Å². The fourth-order valence-electron chi connectivity index (χ4n) is 2.11. The van der Waals surface area contributed by atoms with Gasteiger partial charge < -0.3 is 4.90 Å². The molecule has 0 fully saturated rings. The van der Waals surface area contributed by atoms with Crippen molar-refractivity contribution < 1.29 is 4.79 Å². The van der Waals surface area contributed by atoms with Gasteiger partial charge in [-0.05, 0) is 17.5 Å². The van der Waals surface area contributed by atoms with Crippen LogP contribution in [0.15, 0.2) is 42.7 Å². The second-order valence-corrected chi connectivity index (χ2v) is 6.62. The van der Waals surface area contributed by atoms with Crippen LogP contribution in [-0.4, -0.2) is 27.6 Å². The molecule has 1 aromatic carbocycles. The highest BCUT2D eigenvalue weighted by molar-refractivity contribution is 5.76. The number of rotatable bonds is 4. The SMILES string of the molecule is CN(Cc1cnn(-c2ccccc2)c1)C(=O)CC(C)(C)C. The lowest BCUT2D eigenvalue weighted by molar-refractivity contribution is -0.132. The Bertz CT molecular complexity index is 596. The summed E-state index contributed by atoms with van der Waals surface area (Å²) < 4.78 is 1.83. The van der Waals surface area contributed by atoms with E-state index < -0.39 is 0 Å². The topological polar surface area (TPSA) is 38.1 Å². The summed E-state index contributed by atoms with van der Waals surface area (Å²) in [5, 5.41) is 4.35. The second-order valence-electron chi connectivity index (χ2n) is 6.62. The summed E-state index contributed by atoms with van der Waals surface area (Å²) in [4.78, 5) is 13.9. The number of nitrogens with zero attached hydrogens (tertiary/aromatic N) is 3. The fourth-order valence-corrected chi connectivity index (χ4v) is 2.11. The van der Waals surface area contributed by atoms with Crippen molar-refractivity contribution in [1.82, 2.24) is 14.7 Å². The number of amides is 1. The molecule has 0 saturated heterocycles. The van der Waals surface area contributed by atoms with E-state index in [4.69, 9.17) is 0 Å². The Morgan fingerprint density at radius 3 is 2.52 bits per heavy atom. The van der Waals surface area contributed by atoms with Crippen LogP contribution >= 0.6 is 0 Å². The van der Waals surface area contributed by atoms with Crippen molar-refractivity contribution >= 4 is 5.91 Å². The third-order valence-electron chi connectivity index (χ3n) is 3.18. The molecule has 2 aromatic rings. The molecule has 0 spiro atoms. The lowest BCUT2D eigenvalue weighted by Crippen LogP contribution is -2.29. The van der Waals surface area contributed by atoms with E-state index >= 15 is 0 Å². The van der Waals surface area contributed by atoms with Gasteiger partial charge in [-0.3, -0.25) is 4.79 Å². The molecule has 0 unspecified atom stereocenters. The smallest absolute Gasteiger partial charge is 0.223 e. The van der Waals surface area contributed by atoms with E-state index in [2.05, 4.69) is 25.9 Å². The second kappa shape index (κ2) is 6.12. The van der Waals surface area contributed by atoms with Gasteiger partial charge in [-0.1, -0.05) is 39.0 Å². The number of carbonyl (C=O) groups is 1. The highest BCUT2D eigenvalue weighted by atomic mass is 16.2. The van der Waals surface area contributed by atoms with Crippen molar-refractivity contribution in [3.05, 3.63) is 48.3 Å². The van der Waals surface area contributed by atoms with Gasteiger partial charge in [-0.25, -0.2) is 4.68 Å². The zero-order valence-corrected chi connectivity index (χ0v) is 13.2. The average Bonchev–Trinajstić information content (AvgIpc) is 2.86. The van der Waals surface area contributed by atoms with Crippen LogP contribution in [0.3, 0.4) is 0 Å². The van der Waals surface area contributed by atoms with E-state index in [1.54, 1.807) is 4.90 Å². The maximum absolute atomic E-state index is 12.1. The molecule has 0 radical (unpaired) electrons. The van der Waals surface area contributed by atoms with Gasteiger partial charge in [-0.2, -0.15) is 5.10 Å². The van der Waals surface area contributed by atoms with Crippen molar-refractivity contribution in [2.24, 2.45) is 5.41 Å². The average molecular weight is 285 g/mol. The molecule has 0 aliphatic carbocycles. The number of carbonyl (C=O) groups excluding carboxylic acids is 1. The first kappa shape index (κ1) is 15.3. The number of hydrogen-bond acceptors (Lipinski definition) is 2. The predicted octanol–water partition coefficient (Wildman–Crippen LogP) is 3.27. The van der Waals surface area contributed by atoms with E-state index in [0.29, 0.717) is 13.0 Å². The zero-order chi connectivity index (χ0) is 15.5. The van der Waals surface area contributed by atoms with E-state index in [-0.39, 0.29) is 11.3 Å². The molecule has 0 bridgehead atoms. The van der Waals surface area contributed by atoms with Crippen LogP contribution in [0.1, 0.15) is 32.8 Å². The van der Waals surface area contributed by atoms with Gasteiger partial charge in [0.15, 0.2) is 0 Å². The maximum atomic E-state index is 12.1. The van der Waals surface area contributed by atoms with Gasteiger partial charge in [-0.15, -0.1) is 0 Å².